The maximum atomic E-state index is 11.4. The van der Waals surface area contributed by atoms with Crippen molar-refractivity contribution in [3.8, 4) is 0 Å². The van der Waals surface area contributed by atoms with Gasteiger partial charge in [0, 0.05) is 19.7 Å². The minimum atomic E-state index is 0.365. The molecule has 3 nitrogen and oxygen atoms in total. The molecule has 1 rings (SSSR count). The van der Waals surface area contributed by atoms with Crippen molar-refractivity contribution in [2.75, 3.05) is 14.1 Å². The van der Waals surface area contributed by atoms with Gasteiger partial charge in [0.2, 0.25) is 0 Å². The molecule has 0 bridgehead atoms. The Morgan fingerprint density at radius 2 is 1.95 bits per heavy atom. The molecule has 0 amide bonds. The van der Waals surface area contributed by atoms with Gasteiger partial charge in [-0.1, -0.05) is 31.6 Å². The van der Waals surface area contributed by atoms with E-state index in [-0.39, 0.29) is 0 Å². The average Bonchev–Trinajstić information content (AvgIpc) is 2.38. The zero-order valence-electron chi connectivity index (χ0n) is 13.3. The summed E-state index contributed by atoms with van der Waals surface area (Å²) in [4.78, 5) is 11.4. The molecule has 0 radical (unpaired) electrons. The summed E-state index contributed by atoms with van der Waals surface area (Å²) in [7, 11) is 3.77. The van der Waals surface area contributed by atoms with E-state index < -0.39 is 0 Å². The van der Waals surface area contributed by atoms with Crippen LogP contribution in [0.5, 0.6) is 0 Å². The molecule has 0 N–H and O–H groups in total. The molecule has 1 aromatic carbocycles. The molecule has 0 aliphatic rings. The zero-order valence-corrected chi connectivity index (χ0v) is 13.3. The van der Waals surface area contributed by atoms with E-state index in [0.717, 1.165) is 34.1 Å². The monoisotopic (exact) mass is 272 g/mol. The van der Waals surface area contributed by atoms with Crippen LogP contribution in [0.25, 0.3) is 5.57 Å². The van der Waals surface area contributed by atoms with Crippen LogP contribution in [0.2, 0.25) is 0 Å². The molecule has 108 valence electrons. The third-order valence-corrected chi connectivity index (χ3v) is 3.39. The highest BCUT2D eigenvalue weighted by atomic mass is 16.1. The highest BCUT2D eigenvalue weighted by molar-refractivity contribution is 6.09. The SMILES string of the molecule is C/C(=C(/C=O)c1ccc(/C=N/N(C)C)cc1C)C(C)C. The Morgan fingerprint density at radius 1 is 1.30 bits per heavy atom. The molecule has 3 heteroatoms. The van der Waals surface area contributed by atoms with Gasteiger partial charge in [-0.25, -0.2) is 0 Å². The lowest BCUT2D eigenvalue weighted by atomic mass is 9.91. The van der Waals surface area contributed by atoms with Gasteiger partial charge in [-0.05, 0) is 42.5 Å². The Balaban J connectivity index is 3.22. The molecule has 0 spiro atoms. The fourth-order valence-corrected chi connectivity index (χ4v) is 1.93. The fraction of sp³-hybridized carbons (Fsp3) is 0.412. The van der Waals surface area contributed by atoms with Gasteiger partial charge >= 0.3 is 0 Å². The second-order valence-corrected chi connectivity index (χ2v) is 5.54. The van der Waals surface area contributed by atoms with Crippen LogP contribution >= 0.6 is 0 Å². The normalized spacial score (nSPS) is 12.8. The number of hydrogen-bond donors (Lipinski definition) is 0. The van der Waals surface area contributed by atoms with Gasteiger partial charge in [-0.3, -0.25) is 4.79 Å². The maximum Gasteiger partial charge on any atom is 0.150 e. The van der Waals surface area contributed by atoms with Gasteiger partial charge in [-0.2, -0.15) is 5.10 Å². The zero-order chi connectivity index (χ0) is 15.3. The van der Waals surface area contributed by atoms with E-state index in [1.165, 1.54) is 0 Å². The van der Waals surface area contributed by atoms with E-state index in [0.29, 0.717) is 5.92 Å². The first-order valence-electron chi connectivity index (χ1n) is 6.85. The van der Waals surface area contributed by atoms with Crippen molar-refractivity contribution in [2.45, 2.75) is 27.7 Å². The molecule has 0 saturated heterocycles. The Bertz CT molecular complexity index is 540. The van der Waals surface area contributed by atoms with E-state index in [4.69, 9.17) is 0 Å². The molecule has 0 atom stereocenters. The van der Waals surface area contributed by atoms with Crippen LogP contribution in [0.1, 0.15) is 37.5 Å². The summed E-state index contributed by atoms with van der Waals surface area (Å²) in [5.74, 6) is 0.365. The number of carbonyl (C=O) groups excluding carboxylic acids is 1. The van der Waals surface area contributed by atoms with Gasteiger partial charge in [0.1, 0.15) is 0 Å². The molecule has 0 fully saturated rings. The molecule has 0 heterocycles. The highest BCUT2D eigenvalue weighted by Crippen LogP contribution is 2.25. The minimum Gasteiger partial charge on any atom is -0.303 e. The molecule has 0 saturated carbocycles. The van der Waals surface area contributed by atoms with E-state index in [9.17, 15) is 4.79 Å². The molecule has 0 aromatic heterocycles. The van der Waals surface area contributed by atoms with Crippen molar-refractivity contribution in [1.29, 1.82) is 0 Å². The number of allylic oxidation sites excluding steroid dienone is 2. The number of carbonyl (C=O) groups is 1. The van der Waals surface area contributed by atoms with Crippen molar-refractivity contribution >= 4 is 18.1 Å². The van der Waals surface area contributed by atoms with E-state index in [2.05, 4.69) is 25.0 Å². The van der Waals surface area contributed by atoms with Crippen LogP contribution in [0, 0.1) is 12.8 Å². The van der Waals surface area contributed by atoms with Crippen molar-refractivity contribution in [3.63, 3.8) is 0 Å². The second-order valence-electron chi connectivity index (χ2n) is 5.54. The fourth-order valence-electron chi connectivity index (χ4n) is 1.93. The lowest BCUT2D eigenvalue weighted by molar-refractivity contribution is -0.103. The van der Waals surface area contributed by atoms with Crippen molar-refractivity contribution in [3.05, 3.63) is 40.5 Å². The van der Waals surface area contributed by atoms with Crippen molar-refractivity contribution < 1.29 is 4.79 Å². The smallest absolute Gasteiger partial charge is 0.150 e. The predicted octanol–water partition coefficient (Wildman–Crippen LogP) is 3.52. The Kier molecular flexibility index (Phi) is 5.68. The summed E-state index contributed by atoms with van der Waals surface area (Å²) in [6, 6.07) is 6.05. The first-order valence-corrected chi connectivity index (χ1v) is 6.85. The summed E-state index contributed by atoms with van der Waals surface area (Å²) in [6.07, 6.45) is 2.78. The summed E-state index contributed by atoms with van der Waals surface area (Å²) >= 11 is 0. The molecule has 0 aliphatic carbocycles. The number of hydrogen-bond acceptors (Lipinski definition) is 3. The molecule has 0 aliphatic heterocycles. The van der Waals surface area contributed by atoms with Gasteiger partial charge in [0.15, 0.2) is 6.29 Å². The number of aldehydes is 1. The van der Waals surface area contributed by atoms with E-state index in [1.54, 1.807) is 5.01 Å². The van der Waals surface area contributed by atoms with Crippen molar-refractivity contribution in [1.82, 2.24) is 5.01 Å². The van der Waals surface area contributed by atoms with E-state index >= 15 is 0 Å². The second kappa shape index (κ2) is 7.04. The third kappa shape index (κ3) is 4.05. The Morgan fingerprint density at radius 3 is 2.40 bits per heavy atom. The van der Waals surface area contributed by atoms with Crippen LogP contribution in [0.3, 0.4) is 0 Å². The first kappa shape index (κ1) is 16.2. The number of hydrazone groups is 1. The average molecular weight is 272 g/mol. The first-order chi connectivity index (χ1) is 9.36. The van der Waals surface area contributed by atoms with Gasteiger partial charge in [0.05, 0.1) is 6.21 Å². The molecular weight excluding hydrogens is 248 g/mol. The van der Waals surface area contributed by atoms with Gasteiger partial charge < -0.3 is 5.01 Å². The summed E-state index contributed by atoms with van der Waals surface area (Å²) in [6.45, 7) is 8.26. The molecule has 20 heavy (non-hydrogen) atoms. The summed E-state index contributed by atoms with van der Waals surface area (Å²) in [5, 5.41) is 5.97. The number of rotatable bonds is 5. The Hall–Kier alpha value is -1.90. The molecule has 1 aromatic rings. The van der Waals surface area contributed by atoms with Crippen LogP contribution in [-0.2, 0) is 4.79 Å². The molecular formula is C17H24N2O. The lowest BCUT2D eigenvalue weighted by Gasteiger charge is -2.13. The van der Waals surface area contributed by atoms with Crippen LogP contribution < -0.4 is 0 Å². The van der Waals surface area contributed by atoms with Gasteiger partial charge in [-0.15, -0.1) is 0 Å². The van der Waals surface area contributed by atoms with Crippen LogP contribution in [0.4, 0.5) is 0 Å². The standard InChI is InChI=1S/C17H24N2O/c1-12(2)14(4)17(11-20)16-8-7-15(9-13(16)3)10-18-19(5)6/h7-12H,1-6H3/b17-14+,18-10+. The number of aryl methyl sites for hydroxylation is 1. The third-order valence-electron chi connectivity index (χ3n) is 3.39. The quantitative estimate of drug-likeness (QED) is 0.355. The van der Waals surface area contributed by atoms with Gasteiger partial charge in [0.25, 0.3) is 0 Å². The van der Waals surface area contributed by atoms with E-state index in [1.807, 2.05) is 46.3 Å². The topological polar surface area (TPSA) is 32.7 Å². The number of benzene rings is 1. The predicted molar refractivity (Wildman–Crippen MR) is 86.0 cm³/mol. The summed E-state index contributed by atoms with van der Waals surface area (Å²) in [5.41, 5.74) is 5.06. The van der Waals surface area contributed by atoms with Crippen LogP contribution in [-0.4, -0.2) is 31.6 Å². The minimum absolute atomic E-state index is 0.365. The maximum absolute atomic E-state index is 11.4. The van der Waals surface area contributed by atoms with Crippen molar-refractivity contribution in [2.24, 2.45) is 11.0 Å². The largest absolute Gasteiger partial charge is 0.303 e. The Labute approximate surface area is 122 Å². The molecule has 0 unspecified atom stereocenters. The lowest BCUT2D eigenvalue weighted by Crippen LogP contribution is -2.03. The summed E-state index contributed by atoms with van der Waals surface area (Å²) < 4.78 is 0. The van der Waals surface area contributed by atoms with Crippen LogP contribution in [0.15, 0.2) is 28.9 Å². The highest BCUT2D eigenvalue weighted by Gasteiger charge is 2.10. The number of nitrogens with zero attached hydrogens (tertiary/aromatic N) is 2.